The number of allylic oxidation sites excluding steroid dienone is 1. The summed E-state index contributed by atoms with van der Waals surface area (Å²) in [5, 5.41) is 14.6. The maximum atomic E-state index is 9.76. The van der Waals surface area contributed by atoms with Gasteiger partial charge in [0.2, 0.25) is 0 Å². The van der Waals surface area contributed by atoms with E-state index in [0.717, 1.165) is 35.9 Å². The van der Waals surface area contributed by atoms with E-state index in [1.807, 2.05) is 54.1 Å². The molecule has 0 saturated carbocycles. The summed E-state index contributed by atoms with van der Waals surface area (Å²) in [6.07, 6.45) is 7.26. The maximum absolute atomic E-state index is 9.76. The van der Waals surface area contributed by atoms with Crippen LogP contribution in [0.2, 0.25) is 0 Å². The number of nitrogens with zero attached hydrogens (tertiary/aromatic N) is 5. The minimum absolute atomic E-state index is 0.551. The summed E-state index contributed by atoms with van der Waals surface area (Å²) in [4.78, 5) is 6.75. The predicted octanol–water partition coefficient (Wildman–Crippen LogP) is 4.63. The summed E-state index contributed by atoms with van der Waals surface area (Å²) in [5.74, 6) is 1.06. The summed E-state index contributed by atoms with van der Waals surface area (Å²) < 4.78 is 2.01. The molecule has 0 atom stereocenters. The number of aromatic nitrogens is 3. The molecule has 0 aliphatic carbocycles. The van der Waals surface area contributed by atoms with E-state index >= 15 is 0 Å². The van der Waals surface area contributed by atoms with Gasteiger partial charge in [-0.1, -0.05) is 24.3 Å². The summed E-state index contributed by atoms with van der Waals surface area (Å²) in [7, 11) is 0. The van der Waals surface area contributed by atoms with E-state index in [1.165, 1.54) is 19.3 Å². The first-order valence-corrected chi connectivity index (χ1v) is 9.71. The number of rotatable bonds is 4. The van der Waals surface area contributed by atoms with E-state index in [-0.39, 0.29) is 0 Å². The van der Waals surface area contributed by atoms with Crippen LogP contribution in [0.15, 0.2) is 54.7 Å². The molecule has 1 aliphatic heterocycles. The lowest BCUT2D eigenvalue weighted by atomic mass is 10.1. The van der Waals surface area contributed by atoms with Crippen molar-refractivity contribution in [2.75, 3.05) is 18.0 Å². The van der Waals surface area contributed by atoms with Crippen molar-refractivity contribution in [2.24, 2.45) is 0 Å². The number of benzene rings is 1. The molecule has 0 amide bonds. The van der Waals surface area contributed by atoms with Crippen LogP contribution in [-0.4, -0.2) is 27.9 Å². The number of nitriles is 1. The van der Waals surface area contributed by atoms with Gasteiger partial charge in [-0.3, -0.25) is 4.98 Å². The molecule has 2 aromatic heterocycles. The van der Waals surface area contributed by atoms with Gasteiger partial charge in [-0.2, -0.15) is 10.4 Å². The van der Waals surface area contributed by atoms with Crippen molar-refractivity contribution in [1.82, 2.24) is 14.8 Å². The lowest BCUT2D eigenvalue weighted by Crippen LogP contribution is -2.31. The Kier molecular flexibility index (Phi) is 5.20. The normalized spacial score (nSPS) is 14.7. The van der Waals surface area contributed by atoms with E-state index in [2.05, 4.69) is 28.1 Å². The molecule has 0 spiro atoms. The van der Waals surface area contributed by atoms with Crippen LogP contribution in [0.5, 0.6) is 0 Å². The van der Waals surface area contributed by atoms with Crippen molar-refractivity contribution in [3.63, 3.8) is 0 Å². The Hall–Kier alpha value is -3.39. The fourth-order valence-corrected chi connectivity index (χ4v) is 3.69. The first kappa shape index (κ1) is 18.0. The summed E-state index contributed by atoms with van der Waals surface area (Å²) in [6.45, 7) is 4.01. The maximum Gasteiger partial charge on any atom is 0.140 e. The number of hydrogen-bond donors (Lipinski definition) is 0. The topological polar surface area (TPSA) is 57.7 Å². The molecule has 3 aromatic rings. The van der Waals surface area contributed by atoms with Gasteiger partial charge in [0, 0.05) is 24.8 Å². The molecule has 28 heavy (non-hydrogen) atoms. The first-order valence-electron chi connectivity index (χ1n) is 9.71. The number of anilines is 1. The highest BCUT2D eigenvalue weighted by atomic mass is 15.4. The summed E-state index contributed by atoms with van der Waals surface area (Å²) >= 11 is 0. The van der Waals surface area contributed by atoms with E-state index in [0.29, 0.717) is 11.3 Å². The first-order chi connectivity index (χ1) is 13.8. The second-order valence-corrected chi connectivity index (χ2v) is 7.00. The number of aryl methyl sites for hydroxylation is 1. The van der Waals surface area contributed by atoms with Gasteiger partial charge in [-0.15, -0.1) is 0 Å². The van der Waals surface area contributed by atoms with Crippen LogP contribution < -0.4 is 4.90 Å². The third kappa shape index (κ3) is 3.54. The molecule has 0 N–H and O–H groups in total. The van der Waals surface area contributed by atoms with Crippen molar-refractivity contribution in [2.45, 2.75) is 26.2 Å². The molecule has 3 heterocycles. The van der Waals surface area contributed by atoms with Gasteiger partial charge in [0.25, 0.3) is 0 Å². The molecule has 0 radical (unpaired) electrons. The van der Waals surface area contributed by atoms with Gasteiger partial charge < -0.3 is 4.90 Å². The smallest absolute Gasteiger partial charge is 0.140 e. The van der Waals surface area contributed by atoms with Gasteiger partial charge in [-0.25, -0.2) is 4.68 Å². The van der Waals surface area contributed by atoms with E-state index in [4.69, 9.17) is 5.10 Å². The van der Waals surface area contributed by atoms with Crippen molar-refractivity contribution in [1.29, 1.82) is 5.26 Å². The van der Waals surface area contributed by atoms with Gasteiger partial charge >= 0.3 is 0 Å². The Morgan fingerprint density at radius 3 is 2.46 bits per heavy atom. The molecule has 1 saturated heterocycles. The van der Waals surface area contributed by atoms with Crippen LogP contribution >= 0.6 is 0 Å². The third-order valence-electron chi connectivity index (χ3n) is 5.09. The van der Waals surface area contributed by atoms with Crippen molar-refractivity contribution in [3.05, 3.63) is 71.7 Å². The van der Waals surface area contributed by atoms with Gasteiger partial charge in [0.1, 0.15) is 11.9 Å². The second-order valence-electron chi connectivity index (χ2n) is 7.00. The molecule has 5 nitrogen and oxygen atoms in total. The fraction of sp³-hybridized carbons (Fsp3) is 0.261. The quantitative estimate of drug-likeness (QED) is 0.629. The van der Waals surface area contributed by atoms with Crippen LogP contribution in [0, 0.1) is 18.3 Å². The van der Waals surface area contributed by atoms with Crippen LogP contribution in [0.4, 0.5) is 5.82 Å². The highest BCUT2D eigenvalue weighted by molar-refractivity contribution is 5.91. The fourth-order valence-electron chi connectivity index (χ4n) is 3.69. The molecular weight excluding hydrogens is 346 g/mol. The molecule has 4 rings (SSSR count). The number of piperidine rings is 1. The summed E-state index contributed by atoms with van der Waals surface area (Å²) in [5.41, 5.74) is 4.17. The molecule has 0 unspecified atom stereocenters. The van der Waals surface area contributed by atoms with Crippen LogP contribution in [0.25, 0.3) is 17.3 Å². The average Bonchev–Trinajstić information content (AvgIpc) is 3.10. The highest BCUT2D eigenvalue weighted by Crippen LogP contribution is 2.32. The van der Waals surface area contributed by atoms with Crippen molar-refractivity contribution >= 4 is 17.5 Å². The Balaban J connectivity index is 1.88. The second kappa shape index (κ2) is 8.10. The Morgan fingerprint density at radius 2 is 1.79 bits per heavy atom. The highest BCUT2D eigenvalue weighted by Gasteiger charge is 2.23. The van der Waals surface area contributed by atoms with E-state index in [9.17, 15) is 5.26 Å². The number of para-hydroxylation sites is 1. The Labute approximate surface area is 165 Å². The molecule has 0 bridgehead atoms. The minimum Gasteiger partial charge on any atom is -0.356 e. The minimum atomic E-state index is 0.551. The molecule has 5 heteroatoms. The SMILES string of the molecule is Cc1nn(-c2ccccc2)c(N2CCCCC2)c1C=C(C#N)c1ccccn1. The van der Waals surface area contributed by atoms with Gasteiger partial charge in [0.15, 0.2) is 0 Å². The zero-order valence-corrected chi connectivity index (χ0v) is 16.0. The lowest BCUT2D eigenvalue weighted by molar-refractivity contribution is 0.567. The van der Waals surface area contributed by atoms with Gasteiger partial charge in [-0.05, 0) is 56.5 Å². The largest absolute Gasteiger partial charge is 0.356 e. The number of hydrogen-bond acceptors (Lipinski definition) is 4. The molecule has 140 valence electrons. The predicted molar refractivity (Wildman–Crippen MR) is 112 cm³/mol. The molecule has 1 fully saturated rings. The van der Waals surface area contributed by atoms with Crippen LogP contribution in [0.1, 0.15) is 36.2 Å². The average molecular weight is 369 g/mol. The van der Waals surface area contributed by atoms with Crippen LogP contribution in [-0.2, 0) is 0 Å². The zero-order chi connectivity index (χ0) is 19.3. The van der Waals surface area contributed by atoms with E-state index in [1.54, 1.807) is 6.20 Å². The third-order valence-corrected chi connectivity index (χ3v) is 5.09. The zero-order valence-electron chi connectivity index (χ0n) is 16.0. The van der Waals surface area contributed by atoms with Crippen molar-refractivity contribution < 1.29 is 0 Å². The van der Waals surface area contributed by atoms with Crippen LogP contribution in [0.3, 0.4) is 0 Å². The van der Waals surface area contributed by atoms with E-state index < -0.39 is 0 Å². The number of pyridine rings is 1. The van der Waals surface area contributed by atoms with Crippen molar-refractivity contribution in [3.8, 4) is 11.8 Å². The standard InChI is InChI=1S/C23H23N5/c1-18-21(16-19(17-24)22-12-6-7-13-25-22)23(27-14-8-3-9-15-27)28(26-18)20-10-4-2-5-11-20/h2,4-7,10-13,16H,3,8-9,14-15H2,1H3. The van der Waals surface area contributed by atoms with Gasteiger partial charge in [0.05, 0.1) is 22.6 Å². The molecule has 1 aliphatic rings. The summed E-state index contributed by atoms with van der Waals surface area (Å²) in [6, 6.07) is 18.1. The molecular formula is C23H23N5. The molecule has 1 aromatic carbocycles. The lowest BCUT2D eigenvalue weighted by Gasteiger charge is -2.30. The Bertz CT molecular complexity index is 1010. The Morgan fingerprint density at radius 1 is 1.04 bits per heavy atom. The monoisotopic (exact) mass is 369 g/mol.